The van der Waals surface area contributed by atoms with Gasteiger partial charge in [0.2, 0.25) is 0 Å². The van der Waals surface area contributed by atoms with Gasteiger partial charge < -0.3 is 14.8 Å². The monoisotopic (exact) mass is 286 g/mol. The number of carbonyl (C=O) groups excluding carboxylic acids is 1. The number of morpholine rings is 1. The van der Waals surface area contributed by atoms with E-state index in [4.69, 9.17) is 9.47 Å². The lowest BCUT2D eigenvalue weighted by molar-refractivity contribution is -0.146. The topological polar surface area (TPSA) is 50.8 Å². The van der Waals surface area contributed by atoms with E-state index in [1.165, 1.54) is 0 Å². The minimum absolute atomic E-state index is 0.130. The second-order valence-electron chi connectivity index (χ2n) is 5.54. The Hall–Kier alpha value is -0.650. The van der Waals surface area contributed by atoms with Crippen molar-refractivity contribution < 1.29 is 14.3 Å². The van der Waals surface area contributed by atoms with Crippen LogP contribution in [-0.4, -0.2) is 61.9 Å². The lowest BCUT2D eigenvalue weighted by Crippen LogP contribution is -2.49. The molecule has 1 rings (SSSR count). The van der Waals surface area contributed by atoms with Gasteiger partial charge in [-0.1, -0.05) is 6.92 Å². The Bertz CT molecular complexity index is 286. The van der Waals surface area contributed by atoms with Crippen LogP contribution in [0.4, 0.5) is 0 Å². The summed E-state index contributed by atoms with van der Waals surface area (Å²) < 4.78 is 10.8. The summed E-state index contributed by atoms with van der Waals surface area (Å²) in [5, 5.41) is 3.29. The second kappa shape index (κ2) is 9.32. The average Bonchev–Trinajstić information content (AvgIpc) is 2.42. The SMILES string of the molecule is CCCNC(CCN1CC(C)OCC1C)C(=O)OCC. The number of esters is 1. The third-order valence-corrected chi connectivity index (χ3v) is 3.65. The van der Waals surface area contributed by atoms with Crippen LogP contribution in [0.3, 0.4) is 0 Å². The van der Waals surface area contributed by atoms with E-state index in [1.807, 2.05) is 6.92 Å². The molecule has 1 saturated heterocycles. The van der Waals surface area contributed by atoms with Crippen molar-refractivity contribution in [2.45, 2.75) is 58.7 Å². The van der Waals surface area contributed by atoms with E-state index >= 15 is 0 Å². The molecule has 118 valence electrons. The van der Waals surface area contributed by atoms with Crippen LogP contribution in [0.15, 0.2) is 0 Å². The molecule has 0 aliphatic carbocycles. The van der Waals surface area contributed by atoms with Crippen LogP contribution < -0.4 is 5.32 Å². The summed E-state index contributed by atoms with van der Waals surface area (Å²) in [6, 6.07) is 0.223. The van der Waals surface area contributed by atoms with Gasteiger partial charge in [0.05, 0.1) is 19.3 Å². The van der Waals surface area contributed by atoms with Crippen molar-refractivity contribution in [2.75, 3.05) is 32.8 Å². The van der Waals surface area contributed by atoms with Crippen LogP contribution in [0, 0.1) is 0 Å². The molecule has 0 radical (unpaired) electrons. The van der Waals surface area contributed by atoms with Gasteiger partial charge >= 0.3 is 5.97 Å². The van der Waals surface area contributed by atoms with Crippen molar-refractivity contribution in [3.05, 3.63) is 0 Å². The summed E-state index contributed by atoms with van der Waals surface area (Å²) >= 11 is 0. The quantitative estimate of drug-likeness (QED) is 0.684. The lowest BCUT2D eigenvalue weighted by Gasteiger charge is -2.37. The maximum Gasteiger partial charge on any atom is 0.323 e. The number of carbonyl (C=O) groups is 1. The third-order valence-electron chi connectivity index (χ3n) is 3.65. The van der Waals surface area contributed by atoms with Crippen molar-refractivity contribution in [3.8, 4) is 0 Å². The summed E-state index contributed by atoms with van der Waals surface area (Å²) in [4.78, 5) is 14.3. The Morgan fingerprint density at radius 1 is 1.45 bits per heavy atom. The van der Waals surface area contributed by atoms with Gasteiger partial charge in [0.1, 0.15) is 6.04 Å². The van der Waals surface area contributed by atoms with E-state index in [0.717, 1.165) is 39.1 Å². The molecule has 0 spiro atoms. The fraction of sp³-hybridized carbons (Fsp3) is 0.933. The van der Waals surface area contributed by atoms with Gasteiger partial charge in [-0.05, 0) is 40.2 Å². The molecule has 0 aromatic carbocycles. The van der Waals surface area contributed by atoms with Crippen LogP contribution in [0.25, 0.3) is 0 Å². The zero-order chi connectivity index (χ0) is 15.0. The minimum atomic E-state index is -0.194. The molecule has 1 N–H and O–H groups in total. The molecular formula is C15H30N2O3. The van der Waals surface area contributed by atoms with Gasteiger partial charge in [-0.3, -0.25) is 9.69 Å². The average molecular weight is 286 g/mol. The molecule has 0 bridgehead atoms. The molecule has 1 aliphatic rings. The van der Waals surface area contributed by atoms with Crippen molar-refractivity contribution in [3.63, 3.8) is 0 Å². The second-order valence-corrected chi connectivity index (χ2v) is 5.54. The van der Waals surface area contributed by atoms with Gasteiger partial charge in [-0.25, -0.2) is 0 Å². The fourth-order valence-corrected chi connectivity index (χ4v) is 2.44. The molecule has 3 atom stereocenters. The highest BCUT2D eigenvalue weighted by molar-refractivity contribution is 5.75. The molecule has 20 heavy (non-hydrogen) atoms. The Morgan fingerprint density at radius 2 is 2.20 bits per heavy atom. The molecule has 1 fully saturated rings. The Balaban J connectivity index is 2.45. The van der Waals surface area contributed by atoms with E-state index < -0.39 is 0 Å². The van der Waals surface area contributed by atoms with Crippen LogP contribution in [0.1, 0.15) is 40.5 Å². The normalized spacial score (nSPS) is 25.4. The van der Waals surface area contributed by atoms with Crippen molar-refractivity contribution in [1.82, 2.24) is 10.2 Å². The number of nitrogens with zero attached hydrogens (tertiary/aromatic N) is 1. The van der Waals surface area contributed by atoms with Gasteiger partial charge in [-0.2, -0.15) is 0 Å². The number of hydrogen-bond acceptors (Lipinski definition) is 5. The summed E-state index contributed by atoms with van der Waals surface area (Å²) in [6.45, 7) is 12.1. The molecule has 0 amide bonds. The standard InChI is InChI=1S/C15H30N2O3/c1-5-8-16-14(15(18)19-6-2)7-9-17-10-13(4)20-11-12(17)3/h12-14,16H,5-11H2,1-4H3. The van der Waals surface area contributed by atoms with E-state index in [2.05, 4.69) is 31.0 Å². The maximum absolute atomic E-state index is 11.9. The summed E-state index contributed by atoms with van der Waals surface area (Å²) in [7, 11) is 0. The highest BCUT2D eigenvalue weighted by Gasteiger charge is 2.26. The Labute approximate surface area is 123 Å². The van der Waals surface area contributed by atoms with E-state index in [-0.39, 0.29) is 18.1 Å². The molecule has 0 saturated carbocycles. The molecule has 1 heterocycles. The number of nitrogens with one attached hydrogen (secondary N) is 1. The highest BCUT2D eigenvalue weighted by Crippen LogP contribution is 2.12. The van der Waals surface area contributed by atoms with E-state index in [0.29, 0.717) is 12.6 Å². The van der Waals surface area contributed by atoms with Crippen molar-refractivity contribution >= 4 is 5.97 Å². The Morgan fingerprint density at radius 3 is 2.85 bits per heavy atom. The first-order valence-corrected chi connectivity index (χ1v) is 7.84. The summed E-state index contributed by atoms with van der Waals surface area (Å²) in [6.07, 6.45) is 2.08. The van der Waals surface area contributed by atoms with E-state index in [1.54, 1.807) is 0 Å². The number of ether oxygens (including phenoxy) is 2. The molecule has 0 aromatic rings. The highest BCUT2D eigenvalue weighted by atomic mass is 16.5. The maximum atomic E-state index is 11.9. The molecule has 5 nitrogen and oxygen atoms in total. The minimum Gasteiger partial charge on any atom is -0.465 e. The van der Waals surface area contributed by atoms with Gasteiger partial charge in [0, 0.05) is 19.1 Å². The Kier molecular flexibility index (Phi) is 8.11. The van der Waals surface area contributed by atoms with Crippen molar-refractivity contribution in [2.24, 2.45) is 0 Å². The predicted molar refractivity (Wildman–Crippen MR) is 79.8 cm³/mol. The molecule has 1 aliphatic heterocycles. The van der Waals surface area contributed by atoms with Gasteiger partial charge in [0.15, 0.2) is 0 Å². The predicted octanol–water partition coefficient (Wildman–Crippen LogP) is 1.42. The van der Waals surface area contributed by atoms with Crippen LogP contribution in [0.2, 0.25) is 0 Å². The largest absolute Gasteiger partial charge is 0.465 e. The van der Waals surface area contributed by atoms with Gasteiger partial charge in [-0.15, -0.1) is 0 Å². The van der Waals surface area contributed by atoms with Crippen LogP contribution in [0.5, 0.6) is 0 Å². The van der Waals surface area contributed by atoms with E-state index in [9.17, 15) is 4.79 Å². The number of rotatable bonds is 8. The first-order valence-electron chi connectivity index (χ1n) is 7.84. The molecule has 0 aromatic heterocycles. The third kappa shape index (κ3) is 5.77. The number of hydrogen-bond donors (Lipinski definition) is 1. The fourth-order valence-electron chi connectivity index (χ4n) is 2.44. The zero-order valence-corrected chi connectivity index (χ0v) is 13.4. The first-order chi connectivity index (χ1) is 9.58. The lowest BCUT2D eigenvalue weighted by atomic mass is 10.1. The van der Waals surface area contributed by atoms with Crippen molar-refractivity contribution in [1.29, 1.82) is 0 Å². The zero-order valence-electron chi connectivity index (χ0n) is 13.4. The van der Waals surface area contributed by atoms with Crippen LogP contribution in [-0.2, 0) is 14.3 Å². The molecule has 5 heteroatoms. The molecular weight excluding hydrogens is 256 g/mol. The summed E-state index contributed by atoms with van der Waals surface area (Å²) in [5.41, 5.74) is 0. The summed E-state index contributed by atoms with van der Waals surface area (Å²) in [5.74, 6) is -0.130. The first kappa shape index (κ1) is 17.4. The smallest absolute Gasteiger partial charge is 0.323 e. The van der Waals surface area contributed by atoms with Crippen LogP contribution >= 0.6 is 0 Å². The molecule has 3 unspecified atom stereocenters. The van der Waals surface area contributed by atoms with Gasteiger partial charge in [0.25, 0.3) is 0 Å².